The summed E-state index contributed by atoms with van der Waals surface area (Å²) in [5, 5.41) is 0. The van der Waals surface area contributed by atoms with E-state index in [0.717, 1.165) is 6.42 Å². The number of rotatable bonds is 7. The molecule has 0 aromatic heterocycles. The molecule has 76 valence electrons. The Bertz CT molecular complexity index is 180. The average Bonchev–Trinajstić information content (AvgIpc) is 2.02. The molecule has 0 aromatic rings. The Balaban J connectivity index is 3.83. The summed E-state index contributed by atoms with van der Waals surface area (Å²) in [5.74, 6) is -0.211. The van der Waals surface area contributed by atoms with Crippen molar-refractivity contribution in [3.63, 3.8) is 0 Å². The summed E-state index contributed by atoms with van der Waals surface area (Å²) in [6.45, 7) is 5.06. The van der Waals surface area contributed by atoms with Crippen molar-refractivity contribution in [2.45, 2.75) is 26.7 Å². The number of carbonyl (C=O) groups excluding carboxylic acids is 2. The van der Waals surface area contributed by atoms with Crippen LogP contribution in [-0.2, 0) is 9.59 Å². The van der Waals surface area contributed by atoms with Gasteiger partial charge >= 0.3 is 0 Å². The van der Waals surface area contributed by atoms with E-state index in [1.54, 1.807) is 4.90 Å². The SMILES string of the molecule is CCCC(=O)CN(CC)CC(N)=O. The quantitative estimate of drug-likeness (QED) is 0.616. The van der Waals surface area contributed by atoms with Crippen molar-refractivity contribution in [1.29, 1.82) is 0 Å². The summed E-state index contributed by atoms with van der Waals surface area (Å²) in [4.78, 5) is 23.5. The topological polar surface area (TPSA) is 63.4 Å². The van der Waals surface area contributed by atoms with E-state index >= 15 is 0 Å². The molecule has 0 unspecified atom stereocenters. The Kier molecular flexibility index (Phi) is 6.14. The molecule has 0 atom stereocenters. The minimum Gasteiger partial charge on any atom is -0.369 e. The van der Waals surface area contributed by atoms with E-state index in [2.05, 4.69) is 0 Å². The Hall–Kier alpha value is -0.900. The highest BCUT2D eigenvalue weighted by Crippen LogP contribution is 1.93. The molecule has 0 spiro atoms. The second-order valence-corrected chi connectivity index (χ2v) is 3.06. The summed E-state index contributed by atoms with van der Waals surface area (Å²) in [6, 6.07) is 0. The highest BCUT2D eigenvalue weighted by atomic mass is 16.1. The van der Waals surface area contributed by atoms with Crippen LogP contribution in [0.5, 0.6) is 0 Å². The molecule has 0 aliphatic carbocycles. The molecule has 0 saturated heterocycles. The molecular formula is C9H18N2O2. The van der Waals surface area contributed by atoms with Crippen molar-refractivity contribution in [3.05, 3.63) is 0 Å². The predicted molar refractivity (Wildman–Crippen MR) is 51.2 cm³/mol. The van der Waals surface area contributed by atoms with Gasteiger partial charge in [0, 0.05) is 6.42 Å². The number of nitrogens with two attached hydrogens (primary N) is 1. The average molecular weight is 186 g/mol. The number of nitrogens with zero attached hydrogens (tertiary/aromatic N) is 1. The van der Waals surface area contributed by atoms with Gasteiger partial charge in [0.2, 0.25) is 5.91 Å². The summed E-state index contributed by atoms with van der Waals surface area (Å²) >= 11 is 0. The van der Waals surface area contributed by atoms with Crippen molar-refractivity contribution >= 4 is 11.7 Å². The molecule has 1 amide bonds. The van der Waals surface area contributed by atoms with Crippen LogP contribution in [0.15, 0.2) is 0 Å². The zero-order valence-electron chi connectivity index (χ0n) is 8.38. The van der Waals surface area contributed by atoms with E-state index in [1.165, 1.54) is 0 Å². The van der Waals surface area contributed by atoms with Gasteiger partial charge < -0.3 is 5.73 Å². The van der Waals surface area contributed by atoms with Gasteiger partial charge in [-0.25, -0.2) is 0 Å². The van der Waals surface area contributed by atoms with Crippen LogP contribution in [0.25, 0.3) is 0 Å². The third-order valence-electron chi connectivity index (χ3n) is 1.76. The van der Waals surface area contributed by atoms with E-state index in [0.29, 0.717) is 19.5 Å². The van der Waals surface area contributed by atoms with Gasteiger partial charge in [0.1, 0.15) is 5.78 Å². The standard InChI is InChI=1S/C9H18N2O2/c1-3-5-8(12)6-11(4-2)7-9(10)13/h3-7H2,1-2H3,(H2,10,13). The number of ketones is 1. The Labute approximate surface area is 79.1 Å². The van der Waals surface area contributed by atoms with E-state index < -0.39 is 0 Å². The highest BCUT2D eigenvalue weighted by Gasteiger charge is 2.09. The Morgan fingerprint density at radius 2 is 1.85 bits per heavy atom. The lowest BCUT2D eigenvalue weighted by atomic mass is 10.2. The second kappa shape index (κ2) is 6.60. The maximum Gasteiger partial charge on any atom is 0.231 e. The van der Waals surface area contributed by atoms with Crippen LogP contribution in [0.3, 0.4) is 0 Å². The van der Waals surface area contributed by atoms with Gasteiger partial charge in [-0.3, -0.25) is 14.5 Å². The van der Waals surface area contributed by atoms with Crippen LogP contribution in [0.2, 0.25) is 0 Å². The zero-order valence-corrected chi connectivity index (χ0v) is 8.38. The first-order chi connectivity index (χ1) is 6.10. The highest BCUT2D eigenvalue weighted by molar-refractivity contribution is 5.81. The third kappa shape index (κ3) is 6.28. The first-order valence-electron chi connectivity index (χ1n) is 4.62. The van der Waals surface area contributed by atoms with Crippen LogP contribution in [-0.4, -0.2) is 36.2 Å². The summed E-state index contributed by atoms with van der Waals surface area (Å²) in [5.41, 5.74) is 5.03. The maximum absolute atomic E-state index is 11.2. The van der Waals surface area contributed by atoms with Gasteiger partial charge in [-0.15, -0.1) is 0 Å². The minimum atomic E-state index is -0.383. The number of amides is 1. The van der Waals surface area contributed by atoms with Crippen LogP contribution in [0, 0.1) is 0 Å². The molecule has 0 radical (unpaired) electrons. The normalized spacial score (nSPS) is 10.4. The molecular weight excluding hydrogens is 168 g/mol. The number of hydrogen-bond acceptors (Lipinski definition) is 3. The number of likely N-dealkylation sites (N-methyl/N-ethyl adjacent to an activating group) is 1. The summed E-state index contributed by atoms with van der Waals surface area (Å²) in [6.07, 6.45) is 1.43. The van der Waals surface area contributed by atoms with E-state index in [9.17, 15) is 9.59 Å². The van der Waals surface area contributed by atoms with E-state index in [1.807, 2.05) is 13.8 Å². The van der Waals surface area contributed by atoms with Gasteiger partial charge in [0.15, 0.2) is 0 Å². The van der Waals surface area contributed by atoms with Crippen LogP contribution < -0.4 is 5.73 Å². The van der Waals surface area contributed by atoms with Crippen LogP contribution in [0.1, 0.15) is 26.7 Å². The first-order valence-corrected chi connectivity index (χ1v) is 4.62. The van der Waals surface area contributed by atoms with Gasteiger partial charge in [0.05, 0.1) is 13.1 Å². The minimum absolute atomic E-state index is 0.172. The second-order valence-electron chi connectivity index (χ2n) is 3.06. The van der Waals surface area contributed by atoms with Gasteiger partial charge in [-0.2, -0.15) is 0 Å². The third-order valence-corrected chi connectivity index (χ3v) is 1.76. The fourth-order valence-corrected chi connectivity index (χ4v) is 1.11. The Morgan fingerprint density at radius 1 is 1.23 bits per heavy atom. The molecule has 0 rings (SSSR count). The zero-order chi connectivity index (χ0) is 10.3. The fourth-order valence-electron chi connectivity index (χ4n) is 1.11. The number of hydrogen-bond donors (Lipinski definition) is 1. The van der Waals surface area contributed by atoms with Crippen molar-refractivity contribution in [2.75, 3.05) is 19.6 Å². The van der Waals surface area contributed by atoms with Gasteiger partial charge in [-0.1, -0.05) is 13.8 Å². The maximum atomic E-state index is 11.2. The molecule has 13 heavy (non-hydrogen) atoms. The molecule has 0 aromatic carbocycles. The van der Waals surface area contributed by atoms with Crippen molar-refractivity contribution in [1.82, 2.24) is 4.90 Å². The molecule has 4 nitrogen and oxygen atoms in total. The number of primary amides is 1. The molecule has 0 saturated carbocycles. The van der Waals surface area contributed by atoms with Gasteiger partial charge in [0.25, 0.3) is 0 Å². The summed E-state index contributed by atoms with van der Waals surface area (Å²) < 4.78 is 0. The lowest BCUT2D eigenvalue weighted by Crippen LogP contribution is -2.37. The first kappa shape index (κ1) is 12.1. The monoisotopic (exact) mass is 186 g/mol. The van der Waals surface area contributed by atoms with Crippen molar-refractivity contribution in [2.24, 2.45) is 5.73 Å². The molecule has 0 heterocycles. The lowest BCUT2D eigenvalue weighted by Gasteiger charge is -2.16. The molecule has 4 heteroatoms. The molecule has 0 aliphatic heterocycles. The number of carbonyl (C=O) groups is 2. The molecule has 0 aliphatic rings. The Morgan fingerprint density at radius 3 is 2.23 bits per heavy atom. The largest absolute Gasteiger partial charge is 0.369 e. The van der Waals surface area contributed by atoms with E-state index in [-0.39, 0.29) is 18.2 Å². The van der Waals surface area contributed by atoms with Gasteiger partial charge in [-0.05, 0) is 13.0 Å². The van der Waals surface area contributed by atoms with Crippen molar-refractivity contribution < 1.29 is 9.59 Å². The predicted octanol–water partition coefficient (Wildman–Crippen LogP) is 0.163. The van der Waals surface area contributed by atoms with E-state index in [4.69, 9.17) is 5.73 Å². The van der Waals surface area contributed by atoms with Crippen LogP contribution in [0.4, 0.5) is 0 Å². The fraction of sp³-hybridized carbons (Fsp3) is 0.778. The lowest BCUT2D eigenvalue weighted by molar-refractivity contribution is -0.122. The van der Waals surface area contributed by atoms with Crippen molar-refractivity contribution in [3.8, 4) is 0 Å². The molecule has 0 bridgehead atoms. The molecule has 0 fully saturated rings. The van der Waals surface area contributed by atoms with Crippen LogP contribution >= 0.6 is 0 Å². The molecule has 2 N–H and O–H groups in total. The number of Topliss-reactive ketones (excluding diaryl/α,β-unsaturated/α-hetero) is 1. The smallest absolute Gasteiger partial charge is 0.231 e. The summed E-state index contributed by atoms with van der Waals surface area (Å²) in [7, 11) is 0.